The highest BCUT2D eigenvalue weighted by molar-refractivity contribution is 5.20. The molecular weight excluding hydrogens is 198 g/mol. The highest BCUT2D eigenvalue weighted by atomic mass is 15.3. The standard InChI is InChI=1S/C13H25N3/c1-10(2)8-12-11(6-7-14)9-15-16(12)13(3,4)5/h9-10H,6-8,14H2,1-5H3. The maximum absolute atomic E-state index is 5.64. The summed E-state index contributed by atoms with van der Waals surface area (Å²) >= 11 is 0. The molecule has 0 saturated carbocycles. The molecule has 2 N–H and O–H groups in total. The van der Waals surface area contributed by atoms with E-state index in [2.05, 4.69) is 44.4 Å². The molecule has 0 aliphatic carbocycles. The average molecular weight is 223 g/mol. The lowest BCUT2D eigenvalue weighted by Crippen LogP contribution is -2.26. The Morgan fingerprint density at radius 1 is 1.38 bits per heavy atom. The second-order valence-electron chi connectivity index (χ2n) is 5.84. The summed E-state index contributed by atoms with van der Waals surface area (Å²) in [5, 5.41) is 4.52. The maximum Gasteiger partial charge on any atom is 0.0546 e. The van der Waals surface area contributed by atoms with Gasteiger partial charge in [-0.3, -0.25) is 4.68 Å². The number of hydrogen-bond donors (Lipinski definition) is 1. The number of nitrogens with zero attached hydrogens (tertiary/aromatic N) is 2. The molecule has 0 aromatic carbocycles. The van der Waals surface area contributed by atoms with Crippen LogP contribution >= 0.6 is 0 Å². The zero-order valence-corrected chi connectivity index (χ0v) is 11.2. The van der Waals surface area contributed by atoms with Crippen molar-refractivity contribution < 1.29 is 0 Å². The summed E-state index contributed by atoms with van der Waals surface area (Å²) < 4.78 is 2.15. The van der Waals surface area contributed by atoms with Gasteiger partial charge in [0.15, 0.2) is 0 Å². The summed E-state index contributed by atoms with van der Waals surface area (Å²) in [7, 11) is 0. The van der Waals surface area contributed by atoms with Gasteiger partial charge in [-0.25, -0.2) is 0 Å². The van der Waals surface area contributed by atoms with Crippen molar-refractivity contribution in [3.05, 3.63) is 17.5 Å². The quantitative estimate of drug-likeness (QED) is 0.851. The van der Waals surface area contributed by atoms with Crippen LogP contribution in [0.2, 0.25) is 0 Å². The van der Waals surface area contributed by atoms with Crippen molar-refractivity contribution in [3.63, 3.8) is 0 Å². The summed E-state index contributed by atoms with van der Waals surface area (Å²) in [5.74, 6) is 0.648. The van der Waals surface area contributed by atoms with E-state index in [1.807, 2.05) is 6.20 Å². The first-order valence-corrected chi connectivity index (χ1v) is 6.12. The van der Waals surface area contributed by atoms with E-state index in [1.165, 1.54) is 11.3 Å². The van der Waals surface area contributed by atoms with Crippen molar-refractivity contribution in [2.45, 2.75) is 53.0 Å². The molecule has 0 atom stereocenters. The molecule has 3 heteroatoms. The minimum atomic E-state index is 0.0527. The SMILES string of the molecule is CC(C)Cc1c(CCN)cnn1C(C)(C)C. The predicted octanol–water partition coefficient (Wildman–Crippen LogP) is 2.34. The number of aromatic nitrogens is 2. The molecule has 92 valence electrons. The second kappa shape index (κ2) is 5.00. The molecule has 0 spiro atoms. The summed E-state index contributed by atoms with van der Waals surface area (Å²) in [5.41, 5.74) is 8.36. The molecule has 0 aliphatic rings. The van der Waals surface area contributed by atoms with E-state index in [0.717, 1.165) is 12.8 Å². The van der Waals surface area contributed by atoms with Gasteiger partial charge in [0.05, 0.1) is 11.7 Å². The molecule has 0 unspecified atom stereocenters. The van der Waals surface area contributed by atoms with Gasteiger partial charge >= 0.3 is 0 Å². The lowest BCUT2D eigenvalue weighted by Gasteiger charge is -2.24. The molecule has 0 fully saturated rings. The van der Waals surface area contributed by atoms with Crippen LogP contribution in [0.1, 0.15) is 45.9 Å². The van der Waals surface area contributed by atoms with Gasteiger partial charge in [0.1, 0.15) is 0 Å². The molecule has 0 bridgehead atoms. The fourth-order valence-electron chi connectivity index (χ4n) is 1.95. The molecule has 16 heavy (non-hydrogen) atoms. The molecule has 1 aromatic heterocycles. The van der Waals surface area contributed by atoms with Gasteiger partial charge < -0.3 is 5.73 Å². The van der Waals surface area contributed by atoms with Crippen molar-refractivity contribution in [1.29, 1.82) is 0 Å². The topological polar surface area (TPSA) is 43.8 Å². The van der Waals surface area contributed by atoms with E-state index >= 15 is 0 Å². The largest absolute Gasteiger partial charge is 0.330 e. The first-order chi connectivity index (χ1) is 7.36. The Balaban J connectivity index is 3.09. The molecule has 1 aromatic rings. The van der Waals surface area contributed by atoms with Gasteiger partial charge in [-0.2, -0.15) is 5.10 Å². The summed E-state index contributed by atoms with van der Waals surface area (Å²) in [6.07, 6.45) is 3.99. The Kier molecular flexibility index (Phi) is 4.14. The highest BCUT2D eigenvalue weighted by Crippen LogP contribution is 2.21. The van der Waals surface area contributed by atoms with Gasteiger partial charge in [-0.1, -0.05) is 13.8 Å². The average Bonchev–Trinajstić information content (AvgIpc) is 2.47. The van der Waals surface area contributed by atoms with Crippen LogP contribution in [0.25, 0.3) is 0 Å². The maximum atomic E-state index is 5.64. The van der Waals surface area contributed by atoms with Crippen LogP contribution in [0.3, 0.4) is 0 Å². The van der Waals surface area contributed by atoms with E-state index in [-0.39, 0.29) is 5.54 Å². The Morgan fingerprint density at radius 3 is 2.44 bits per heavy atom. The second-order valence-corrected chi connectivity index (χ2v) is 5.84. The third kappa shape index (κ3) is 3.08. The van der Waals surface area contributed by atoms with Crippen LogP contribution < -0.4 is 5.73 Å². The van der Waals surface area contributed by atoms with E-state index in [0.29, 0.717) is 12.5 Å². The molecule has 0 amide bonds. The number of rotatable bonds is 4. The first kappa shape index (κ1) is 13.2. The summed E-state index contributed by atoms with van der Waals surface area (Å²) in [6.45, 7) is 11.8. The molecule has 1 rings (SSSR count). The van der Waals surface area contributed by atoms with Crippen LogP contribution in [-0.4, -0.2) is 16.3 Å². The van der Waals surface area contributed by atoms with E-state index in [4.69, 9.17) is 5.73 Å². The Hall–Kier alpha value is -0.830. The third-order valence-electron chi connectivity index (χ3n) is 2.61. The fraction of sp³-hybridized carbons (Fsp3) is 0.769. The molecule has 0 radical (unpaired) electrons. The molecule has 1 heterocycles. The number of hydrogen-bond acceptors (Lipinski definition) is 2. The van der Waals surface area contributed by atoms with Crippen molar-refractivity contribution in [2.75, 3.05) is 6.54 Å². The highest BCUT2D eigenvalue weighted by Gasteiger charge is 2.20. The molecule has 0 aliphatic heterocycles. The zero-order chi connectivity index (χ0) is 12.3. The summed E-state index contributed by atoms with van der Waals surface area (Å²) in [4.78, 5) is 0. The third-order valence-corrected chi connectivity index (χ3v) is 2.61. The van der Waals surface area contributed by atoms with Crippen molar-refractivity contribution in [3.8, 4) is 0 Å². The van der Waals surface area contributed by atoms with Crippen molar-refractivity contribution in [1.82, 2.24) is 9.78 Å². The lowest BCUT2D eigenvalue weighted by molar-refractivity contribution is 0.338. The smallest absolute Gasteiger partial charge is 0.0546 e. The zero-order valence-electron chi connectivity index (χ0n) is 11.2. The molecular formula is C13H25N3. The van der Waals surface area contributed by atoms with E-state index in [1.54, 1.807) is 0 Å². The van der Waals surface area contributed by atoms with Crippen molar-refractivity contribution >= 4 is 0 Å². The van der Waals surface area contributed by atoms with Gasteiger partial charge in [-0.05, 0) is 51.6 Å². The van der Waals surface area contributed by atoms with Crippen LogP contribution in [0.5, 0.6) is 0 Å². The minimum Gasteiger partial charge on any atom is -0.330 e. The Bertz CT molecular complexity index is 331. The normalized spacial score (nSPS) is 12.4. The molecule has 0 saturated heterocycles. The fourth-order valence-corrected chi connectivity index (χ4v) is 1.95. The van der Waals surface area contributed by atoms with Crippen molar-refractivity contribution in [2.24, 2.45) is 11.7 Å². The van der Waals surface area contributed by atoms with Crippen LogP contribution in [0, 0.1) is 5.92 Å². The predicted molar refractivity (Wildman–Crippen MR) is 68.5 cm³/mol. The Morgan fingerprint density at radius 2 is 2.00 bits per heavy atom. The van der Waals surface area contributed by atoms with Gasteiger partial charge in [-0.15, -0.1) is 0 Å². The number of nitrogens with two attached hydrogens (primary N) is 1. The molecule has 3 nitrogen and oxygen atoms in total. The van der Waals surface area contributed by atoms with Gasteiger partial charge in [0, 0.05) is 5.69 Å². The van der Waals surface area contributed by atoms with Gasteiger partial charge in [0.25, 0.3) is 0 Å². The minimum absolute atomic E-state index is 0.0527. The van der Waals surface area contributed by atoms with Crippen LogP contribution in [0.4, 0.5) is 0 Å². The van der Waals surface area contributed by atoms with Crippen LogP contribution in [0.15, 0.2) is 6.20 Å². The summed E-state index contributed by atoms with van der Waals surface area (Å²) in [6, 6.07) is 0. The monoisotopic (exact) mass is 223 g/mol. The van der Waals surface area contributed by atoms with Gasteiger partial charge in [0.2, 0.25) is 0 Å². The van der Waals surface area contributed by atoms with E-state index < -0.39 is 0 Å². The Labute approximate surface area is 99.0 Å². The van der Waals surface area contributed by atoms with E-state index in [9.17, 15) is 0 Å². The first-order valence-electron chi connectivity index (χ1n) is 6.12. The van der Waals surface area contributed by atoms with Crippen LogP contribution in [-0.2, 0) is 18.4 Å². The lowest BCUT2D eigenvalue weighted by atomic mass is 10.0.